The molecule has 1 rings (SSSR count). The minimum Gasteiger partial charge on any atom is -0.377 e. The van der Waals surface area contributed by atoms with Gasteiger partial charge in [-0.2, -0.15) is 0 Å². The third kappa shape index (κ3) is 3.58. The van der Waals surface area contributed by atoms with Crippen LogP contribution in [-0.2, 0) is 4.74 Å². The second-order valence-electron chi connectivity index (χ2n) is 4.39. The van der Waals surface area contributed by atoms with Gasteiger partial charge in [-0.15, -0.1) is 0 Å². The van der Waals surface area contributed by atoms with Crippen LogP contribution in [0.25, 0.3) is 0 Å². The highest BCUT2D eigenvalue weighted by molar-refractivity contribution is 4.82. The summed E-state index contributed by atoms with van der Waals surface area (Å²) < 4.78 is 5.55. The molecule has 0 amide bonds. The molecule has 1 aliphatic heterocycles. The molecule has 3 unspecified atom stereocenters. The van der Waals surface area contributed by atoms with Crippen molar-refractivity contribution in [2.45, 2.75) is 71.1 Å². The molecule has 0 aromatic rings. The van der Waals surface area contributed by atoms with Gasteiger partial charge in [0.15, 0.2) is 0 Å². The zero-order chi connectivity index (χ0) is 10.4. The van der Waals surface area contributed by atoms with Crippen molar-refractivity contribution in [1.82, 2.24) is 5.32 Å². The SMILES string of the molecule is CCCCC(CC)NC1CCOC1C. The van der Waals surface area contributed by atoms with Gasteiger partial charge in [0.2, 0.25) is 0 Å². The largest absolute Gasteiger partial charge is 0.377 e. The fourth-order valence-corrected chi connectivity index (χ4v) is 2.11. The molecule has 0 radical (unpaired) electrons. The molecule has 0 aromatic heterocycles. The van der Waals surface area contributed by atoms with E-state index in [0.29, 0.717) is 18.2 Å². The zero-order valence-electron chi connectivity index (χ0n) is 9.88. The van der Waals surface area contributed by atoms with Crippen molar-refractivity contribution in [2.24, 2.45) is 0 Å². The van der Waals surface area contributed by atoms with Crippen LogP contribution in [0.3, 0.4) is 0 Å². The molecule has 1 fully saturated rings. The molecule has 1 aliphatic rings. The average molecular weight is 199 g/mol. The molecule has 1 saturated heterocycles. The molecule has 0 aliphatic carbocycles. The van der Waals surface area contributed by atoms with Crippen LogP contribution in [0.1, 0.15) is 52.9 Å². The number of hydrogen-bond acceptors (Lipinski definition) is 2. The lowest BCUT2D eigenvalue weighted by atomic mass is 10.0. The van der Waals surface area contributed by atoms with E-state index in [1.54, 1.807) is 0 Å². The van der Waals surface area contributed by atoms with Crippen LogP contribution in [0.5, 0.6) is 0 Å². The molecule has 1 heterocycles. The zero-order valence-corrected chi connectivity index (χ0v) is 9.88. The Balaban J connectivity index is 2.24. The van der Waals surface area contributed by atoms with Gasteiger partial charge >= 0.3 is 0 Å². The van der Waals surface area contributed by atoms with Crippen molar-refractivity contribution in [3.63, 3.8) is 0 Å². The third-order valence-corrected chi connectivity index (χ3v) is 3.22. The lowest BCUT2D eigenvalue weighted by Crippen LogP contribution is -2.41. The number of nitrogens with one attached hydrogen (secondary N) is 1. The Morgan fingerprint density at radius 2 is 2.21 bits per heavy atom. The highest BCUT2D eigenvalue weighted by atomic mass is 16.5. The second kappa shape index (κ2) is 6.41. The lowest BCUT2D eigenvalue weighted by Gasteiger charge is -2.23. The first-order valence-corrected chi connectivity index (χ1v) is 6.15. The van der Waals surface area contributed by atoms with Gasteiger partial charge in [0.1, 0.15) is 0 Å². The van der Waals surface area contributed by atoms with E-state index < -0.39 is 0 Å². The van der Waals surface area contributed by atoms with Gasteiger partial charge in [0, 0.05) is 18.7 Å². The van der Waals surface area contributed by atoms with Crippen LogP contribution in [-0.4, -0.2) is 24.8 Å². The Kier molecular flexibility index (Phi) is 5.49. The summed E-state index contributed by atoms with van der Waals surface area (Å²) in [5, 5.41) is 3.73. The van der Waals surface area contributed by atoms with Crippen LogP contribution < -0.4 is 5.32 Å². The Labute approximate surface area is 88.4 Å². The maximum atomic E-state index is 5.55. The number of unbranched alkanes of at least 4 members (excludes halogenated alkanes) is 1. The van der Waals surface area contributed by atoms with E-state index in [-0.39, 0.29) is 0 Å². The standard InChI is InChI=1S/C12H25NO/c1-4-6-7-11(5-2)13-12-8-9-14-10(12)3/h10-13H,4-9H2,1-3H3. The lowest BCUT2D eigenvalue weighted by molar-refractivity contribution is 0.110. The first-order valence-electron chi connectivity index (χ1n) is 6.15. The average Bonchev–Trinajstić information content (AvgIpc) is 2.59. The molecule has 0 spiro atoms. The number of rotatable bonds is 6. The summed E-state index contributed by atoms with van der Waals surface area (Å²) in [5.41, 5.74) is 0. The summed E-state index contributed by atoms with van der Waals surface area (Å²) in [7, 11) is 0. The van der Waals surface area contributed by atoms with E-state index >= 15 is 0 Å². The normalized spacial score (nSPS) is 29.4. The third-order valence-electron chi connectivity index (χ3n) is 3.22. The monoisotopic (exact) mass is 199 g/mol. The van der Waals surface area contributed by atoms with Gasteiger partial charge in [-0.3, -0.25) is 0 Å². The fraction of sp³-hybridized carbons (Fsp3) is 1.00. The van der Waals surface area contributed by atoms with Gasteiger partial charge in [0.05, 0.1) is 6.10 Å². The summed E-state index contributed by atoms with van der Waals surface area (Å²) in [6.45, 7) is 7.64. The van der Waals surface area contributed by atoms with E-state index in [2.05, 4.69) is 26.1 Å². The summed E-state index contributed by atoms with van der Waals surface area (Å²) in [5.74, 6) is 0. The van der Waals surface area contributed by atoms with E-state index in [0.717, 1.165) is 6.61 Å². The maximum absolute atomic E-state index is 5.55. The Bertz CT molecular complexity index is 149. The molecule has 1 N–H and O–H groups in total. The number of ether oxygens (including phenoxy) is 1. The Morgan fingerprint density at radius 1 is 1.43 bits per heavy atom. The van der Waals surface area contributed by atoms with E-state index in [1.807, 2.05) is 0 Å². The van der Waals surface area contributed by atoms with Gasteiger partial charge < -0.3 is 10.1 Å². The maximum Gasteiger partial charge on any atom is 0.0700 e. The Hall–Kier alpha value is -0.0800. The van der Waals surface area contributed by atoms with Crippen LogP contribution in [0, 0.1) is 0 Å². The van der Waals surface area contributed by atoms with Crippen molar-refractivity contribution >= 4 is 0 Å². The molecule has 2 heteroatoms. The van der Waals surface area contributed by atoms with Crippen molar-refractivity contribution in [2.75, 3.05) is 6.61 Å². The molecule has 14 heavy (non-hydrogen) atoms. The fourth-order valence-electron chi connectivity index (χ4n) is 2.11. The van der Waals surface area contributed by atoms with Gasteiger partial charge in [0.25, 0.3) is 0 Å². The first-order chi connectivity index (χ1) is 6.77. The highest BCUT2D eigenvalue weighted by Gasteiger charge is 2.25. The van der Waals surface area contributed by atoms with Crippen molar-refractivity contribution in [3.05, 3.63) is 0 Å². The summed E-state index contributed by atoms with van der Waals surface area (Å²) in [4.78, 5) is 0. The van der Waals surface area contributed by atoms with Gasteiger partial charge in [-0.05, 0) is 26.2 Å². The number of hydrogen-bond donors (Lipinski definition) is 1. The minimum absolute atomic E-state index is 0.408. The van der Waals surface area contributed by atoms with Crippen molar-refractivity contribution in [3.8, 4) is 0 Å². The predicted molar refractivity (Wildman–Crippen MR) is 60.6 cm³/mol. The molecule has 3 atom stereocenters. The summed E-state index contributed by atoms with van der Waals surface area (Å²) in [6, 6.07) is 1.29. The van der Waals surface area contributed by atoms with Gasteiger partial charge in [-0.25, -0.2) is 0 Å². The van der Waals surface area contributed by atoms with Crippen LogP contribution in [0.4, 0.5) is 0 Å². The first kappa shape index (κ1) is 12.0. The van der Waals surface area contributed by atoms with Crippen LogP contribution in [0.15, 0.2) is 0 Å². The molecule has 0 bridgehead atoms. The second-order valence-corrected chi connectivity index (χ2v) is 4.39. The predicted octanol–water partition coefficient (Wildman–Crippen LogP) is 2.72. The molecular formula is C12H25NO. The summed E-state index contributed by atoms with van der Waals surface area (Å²) in [6.07, 6.45) is 6.79. The van der Waals surface area contributed by atoms with Crippen LogP contribution in [0.2, 0.25) is 0 Å². The molecule has 2 nitrogen and oxygen atoms in total. The van der Waals surface area contributed by atoms with E-state index in [1.165, 1.54) is 32.1 Å². The van der Waals surface area contributed by atoms with Gasteiger partial charge in [-0.1, -0.05) is 26.7 Å². The molecular weight excluding hydrogens is 174 g/mol. The smallest absolute Gasteiger partial charge is 0.0700 e. The molecule has 84 valence electrons. The Morgan fingerprint density at radius 3 is 2.71 bits per heavy atom. The molecule has 0 saturated carbocycles. The van der Waals surface area contributed by atoms with E-state index in [9.17, 15) is 0 Å². The van der Waals surface area contributed by atoms with E-state index in [4.69, 9.17) is 4.74 Å². The topological polar surface area (TPSA) is 21.3 Å². The highest BCUT2D eigenvalue weighted by Crippen LogP contribution is 2.15. The van der Waals surface area contributed by atoms with Crippen LogP contribution >= 0.6 is 0 Å². The quantitative estimate of drug-likeness (QED) is 0.710. The van der Waals surface area contributed by atoms with Crippen molar-refractivity contribution < 1.29 is 4.74 Å². The molecule has 0 aromatic carbocycles. The summed E-state index contributed by atoms with van der Waals surface area (Å²) >= 11 is 0. The van der Waals surface area contributed by atoms with Crippen molar-refractivity contribution in [1.29, 1.82) is 0 Å². The minimum atomic E-state index is 0.408.